The Bertz CT molecular complexity index is 293. The first kappa shape index (κ1) is 9.43. The molecule has 0 spiro atoms. The van der Waals surface area contributed by atoms with Crippen LogP contribution in [0.2, 0.25) is 5.02 Å². The van der Waals surface area contributed by atoms with Gasteiger partial charge >= 0.3 is 0 Å². The van der Waals surface area contributed by atoms with Crippen molar-refractivity contribution < 1.29 is 0 Å². The average molecular weight is 246 g/mol. The van der Waals surface area contributed by atoms with Crippen LogP contribution >= 0.6 is 27.5 Å². The molecule has 5 heteroatoms. The maximum absolute atomic E-state index is 8.66. The number of nitriles is 1. The van der Waals surface area contributed by atoms with E-state index in [1.54, 1.807) is 0 Å². The van der Waals surface area contributed by atoms with E-state index >= 15 is 0 Å². The highest BCUT2D eigenvalue weighted by Gasteiger charge is 2.10. The van der Waals surface area contributed by atoms with Gasteiger partial charge in [-0.1, -0.05) is 27.5 Å². The highest BCUT2D eigenvalue weighted by molar-refractivity contribution is 9.09. The molecule has 1 unspecified atom stereocenters. The molecule has 62 valence electrons. The molecule has 1 atom stereocenters. The first-order chi connectivity index (χ1) is 5.77. The summed E-state index contributed by atoms with van der Waals surface area (Å²) in [5, 5.41) is 9.67. The lowest BCUT2D eigenvalue weighted by Gasteiger charge is -2.01. The van der Waals surface area contributed by atoms with Crippen LogP contribution in [0.4, 0.5) is 0 Å². The van der Waals surface area contributed by atoms with Gasteiger partial charge in [0, 0.05) is 17.7 Å². The van der Waals surface area contributed by atoms with Crippen molar-refractivity contribution in [2.45, 2.75) is 5.92 Å². The molecule has 0 bridgehead atoms. The lowest BCUT2D eigenvalue weighted by Crippen LogP contribution is -2.02. The second kappa shape index (κ2) is 4.39. The standard InChI is InChI=1S/C7H5BrClN3/c8-1-5(2-10)7-11-3-6(9)4-12-7/h3-5H,1H2. The lowest BCUT2D eigenvalue weighted by molar-refractivity contribution is 0.867. The molecule has 0 aromatic carbocycles. The smallest absolute Gasteiger partial charge is 0.146 e. The number of alkyl halides is 1. The first-order valence-corrected chi connectivity index (χ1v) is 4.71. The van der Waals surface area contributed by atoms with Crippen molar-refractivity contribution in [1.29, 1.82) is 5.26 Å². The molecule has 1 aromatic rings. The molecule has 0 N–H and O–H groups in total. The first-order valence-electron chi connectivity index (χ1n) is 3.21. The topological polar surface area (TPSA) is 49.6 Å². The van der Waals surface area contributed by atoms with Gasteiger partial charge in [0.1, 0.15) is 11.7 Å². The van der Waals surface area contributed by atoms with Crippen LogP contribution in [0.5, 0.6) is 0 Å². The Morgan fingerprint density at radius 1 is 1.58 bits per heavy atom. The highest BCUT2D eigenvalue weighted by atomic mass is 79.9. The summed E-state index contributed by atoms with van der Waals surface area (Å²) < 4.78 is 0. The van der Waals surface area contributed by atoms with Crippen molar-refractivity contribution in [3.63, 3.8) is 0 Å². The number of rotatable bonds is 2. The van der Waals surface area contributed by atoms with E-state index in [2.05, 4.69) is 32.0 Å². The van der Waals surface area contributed by atoms with Crippen LogP contribution in [0.15, 0.2) is 12.4 Å². The summed E-state index contributed by atoms with van der Waals surface area (Å²) in [7, 11) is 0. The Morgan fingerprint density at radius 3 is 2.58 bits per heavy atom. The van der Waals surface area contributed by atoms with Crippen LogP contribution in [0.3, 0.4) is 0 Å². The fourth-order valence-corrected chi connectivity index (χ4v) is 1.20. The second-order valence-corrected chi connectivity index (χ2v) is 3.18. The molecule has 0 saturated carbocycles. The molecule has 0 radical (unpaired) electrons. The van der Waals surface area contributed by atoms with Gasteiger partial charge in [-0.15, -0.1) is 0 Å². The van der Waals surface area contributed by atoms with Crippen LogP contribution in [0.25, 0.3) is 0 Å². The van der Waals surface area contributed by atoms with Crippen molar-refractivity contribution in [2.75, 3.05) is 5.33 Å². The Kier molecular flexibility index (Phi) is 3.45. The van der Waals surface area contributed by atoms with E-state index in [-0.39, 0.29) is 5.92 Å². The minimum atomic E-state index is -0.303. The predicted molar refractivity (Wildman–Crippen MR) is 49.2 cm³/mol. The summed E-state index contributed by atoms with van der Waals surface area (Å²) in [6.45, 7) is 0. The lowest BCUT2D eigenvalue weighted by atomic mass is 10.2. The van der Waals surface area contributed by atoms with Crippen LogP contribution in [0, 0.1) is 11.3 Å². The van der Waals surface area contributed by atoms with Gasteiger partial charge in [-0.2, -0.15) is 5.26 Å². The monoisotopic (exact) mass is 245 g/mol. The van der Waals surface area contributed by atoms with Crippen LogP contribution in [-0.4, -0.2) is 15.3 Å². The highest BCUT2D eigenvalue weighted by Crippen LogP contribution is 2.13. The van der Waals surface area contributed by atoms with E-state index < -0.39 is 0 Å². The normalized spacial score (nSPS) is 12.1. The van der Waals surface area contributed by atoms with Gasteiger partial charge in [-0.05, 0) is 0 Å². The third-order valence-corrected chi connectivity index (χ3v) is 2.10. The minimum Gasteiger partial charge on any atom is -0.238 e. The number of halogens is 2. The van der Waals surface area contributed by atoms with Crippen molar-refractivity contribution >= 4 is 27.5 Å². The summed E-state index contributed by atoms with van der Waals surface area (Å²) in [5.41, 5.74) is 0. The Labute approximate surface area is 83.5 Å². The minimum absolute atomic E-state index is 0.303. The molecule has 0 aliphatic rings. The molecule has 12 heavy (non-hydrogen) atoms. The molecule has 0 aliphatic carbocycles. The summed E-state index contributed by atoms with van der Waals surface area (Å²) >= 11 is 8.78. The summed E-state index contributed by atoms with van der Waals surface area (Å²) in [4.78, 5) is 7.85. The van der Waals surface area contributed by atoms with Crippen molar-refractivity contribution in [1.82, 2.24) is 9.97 Å². The summed E-state index contributed by atoms with van der Waals surface area (Å²) in [5.74, 6) is 0.195. The Morgan fingerprint density at radius 2 is 2.17 bits per heavy atom. The third kappa shape index (κ3) is 2.16. The van der Waals surface area contributed by atoms with Crippen molar-refractivity contribution in [3.05, 3.63) is 23.2 Å². The van der Waals surface area contributed by atoms with E-state index in [9.17, 15) is 0 Å². The van der Waals surface area contributed by atoms with Gasteiger partial charge < -0.3 is 0 Å². The third-order valence-electron chi connectivity index (χ3n) is 1.26. The van der Waals surface area contributed by atoms with E-state index in [1.807, 2.05) is 0 Å². The molecule has 0 aliphatic heterocycles. The zero-order valence-electron chi connectivity index (χ0n) is 6.04. The van der Waals surface area contributed by atoms with Gasteiger partial charge in [0.25, 0.3) is 0 Å². The summed E-state index contributed by atoms with van der Waals surface area (Å²) in [6, 6.07) is 2.07. The van der Waals surface area contributed by atoms with E-state index in [0.717, 1.165) is 0 Å². The maximum Gasteiger partial charge on any atom is 0.146 e. The second-order valence-electron chi connectivity index (χ2n) is 2.10. The predicted octanol–water partition coefficient (Wildman–Crippen LogP) is 2.13. The Balaban J connectivity index is 2.89. The van der Waals surface area contributed by atoms with Crippen molar-refractivity contribution in [2.24, 2.45) is 0 Å². The fraction of sp³-hybridized carbons (Fsp3) is 0.286. The van der Waals surface area contributed by atoms with E-state index in [1.165, 1.54) is 12.4 Å². The van der Waals surface area contributed by atoms with Crippen LogP contribution in [0.1, 0.15) is 11.7 Å². The molecule has 1 rings (SSSR count). The molecular weight excluding hydrogens is 241 g/mol. The maximum atomic E-state index is 8.66. The van der Waals surface area contributed by atoms with Gasteiger partial charge in [0.05, 0.1) is 11.1 Å². The van der Waals surface area contributed by atoms with Gasteiger partial charge in [-0.25, -0.2) is 9.97 Å². The number of aromatic nitrogens is 2. The number of nitrogens with zero attached hydrogens (tertiary/aromatic N) is 3. The summed E-state index contributed by atoms with van der Waals surface area (Å²) in [6.07, 6.45) is 2.97. The van der Waals surface area contributed by atoms with Gasteiger partial charge in [-0.3, -0.25) is 0 Å². The quantitative estimate of drug-likeness (QED) is 0.751. The molecule has 0 amide bonds. The molecule has 0 fully saturated rings. The molecular formula is C7H5BrClN3. The van der Waals surface area contributed by atoms with Crippen LogP contribution < -0.4 is 0 Å². The zero-order chi connectivity index (χ0) is 8.97. The van der Waals surface area contributed by atoms with Crippen molar-refractivity contribution in [3.8, 4) is 6.07 Å². The van der Waals surface area contributed by atoms with E-state index in [4.69, 9.17) is 16.9 Å². The van der Waals surface area contributed by atoms with Gasteiger partial charge in [0.2, 0.25) is 0 Å². The zero-order valence-corrected chi connectivity index (χ0v) is 8.38. The average Bonchev–Trinajstić information content (AvgIpc) is 2.10. The molecule has 3 nitrogen and oxygen atoms in total. The largest absolute Gasteiger partial charge is 0.238 e. The van der Waals surface area contributed by atoms with Gasteiger partial charge in [0.15, 0.2) is 0 Å². The molecule has 1 aromatic heterocycles. The molecule has 0 saturated heterocycles. The van der Waals surface area contributed by atoms with E-state index in [0.29, 0.717) is 16.2 Å². The molecule has 1 heterocycles. The number of hydrogen-bond acceptors (Lipinski definition) is 3. The Hall–Kier alpha value is -0.660. The fourth-order valence-electron chi connectivity index (χ4n) is 0.663. The SMILES string of the molecule is N#CC(CBr)c1ncc(Cl)cn1. The number of hydrogen-bond donors (Lipinski definition) is 0. The van der Waals surface area contributed by atoms with Crippen LogP contribution in [-0.2, 0) is 0 Å².